The van der Waals surface area contributed by atoms with Crippen LogP contribution in [0.15, 0.2) is 55.3 Å². The molecule has 0 fully saturated rings. The Morgan fingerprint density at radius 3 is 2.53 bits per heavy atom. The fourth-order valence-corrected chi connectivity index (χ4v) is 1.98. The molecule has 4 heteroatoms. The third-order valence-electron chi connectivity index (χ3n) is 2.88. The first-order valence-electron chi connectivity index (χ1n) is 6.04. The topological polar surface area (TPSA) is 51.1 Å². The molecule has 1 aliphatic rings. The van der Waals surface area contributed by atoms with E-state index in [0.717, 1.165) is 23.4 Å². The number of hydrogen-bond donors (Lipinski definition) is 2. The van der Waals surface area contributed by atoms with Gasteiger partial charge in [-0.2, -0.15) is 5.26 Å². The number of hydrazine groups is 2. The van der Waals surface area contributed by atoms with Crippen LogP contribution in [0.5, 0.6) is 0 Å². The average molecular weight is 252 g/mol. The Morgan fingerprint density at radius 2 is 1.95 bits per heavy atom. The lowest BCUT2D eigenvalue weighted by Crippen LogP contribution is -2.37. The predicted octanol–water partition coefficient (Wildman–Crippen LogP) is 2.31. The SMILES string of the molecule is C=CCC1=C(c2ccc(C#N)cc2)NNN1CC=C. The van der Waals surface area contributed by atoms with Gasteiger partial charge in [0.15, 0.2) is 0 Å². The summed E-state index contributed by atoms with van der Waals surface area (Å²) in [6.07, 6.45) is 4.45. The molecular formula is C15H16N4. The third kappa shape index (κ3) is 2.67. The van der Waals surface area contributed by atoms with Crippen LogP contribution in [0, 0.1) is 11.3 Å². The van der Waals surface area contributed by atoms with Crippen molar-refractivity contribution in [2.24, 2.45) is 0 Å². The largest absolute Gasteiger partial charge is 0.301 e. The minimum Gasteiger partial charge on any atom is -0.301 e. The summed E-state index contributed by atoms with van der Waals surface area (Å²) in [7, 11) is 0. The molecule has 1 aromatic carbocycles. The molecule has 0 aliphatic carbocycles. The summed E-state index contributed by atoms with van der Waals surface area (Å²) in [5.41, 5.74) is 10.1. The summed E-state index contributed by atoms with van der Waals surface area (Å²) >= 11 is 0. The number of rotatable bonds is 5. The zero-order chi connectivity index (χ0) is 13.7. The van der Waals surface area contributed by atoms with Crippen LogP contribution in [0.25, 0.3) is 5.70 Å². The van der Waals surface area contributed by atoms with E-state index in [1.165, 1.54) is 0 Å². The zero-order valence-electron chi connectivity index (χ0n) is 10.7. The van der Waals surface area contributed by atoms with Crippen molar-refractivity contribution >= 4 is 5.70 Å². The van der Waals surface area contributed by atoms with Crippen LogP contribution >= 0.6 is 0 Å². The molecule has 19 heavy (non-hydrogen) atoms. The molecule has 1 aromatic rings. The smallest absolute Gasteiger partial charge is 0.0991 e. The van der Waals surface area contributed by atoms with Crippen molar-refractivity contribution < 1.29 is 0 Å². The first-order chi connectivity index (χ1) is 9.30. The van der Waals surface area contributed by atoms with Crippen molar-refractivity contribution in [3.8, 4) is 6.07 Å². The molecule has 0 saturated carbocycles. The number of nitriles is 1. The molecule has 0 bridgehead atoms. The van der Waals surface area contributed by atoms with Gasteiger partial charge in [0.2, 0.25) is 0 Å². The highest BCUT2D eigenvalue weighted by molar-refractivity contribution is 5.68. The summed E-state index contributed by atoms with van der Waals surface area (Å²) in [4.78, 5) is 0. The van der Waals surface area contributed by atoms with Crippen molar-refractivity contribution in [3.63, 3.8) is 0 Å². The highest BCUT2D eigenvalue weighted by atomic mass is 15.7. The lowest BCUT2D eigenvalue weighted by atomic mass is 10.1. The number of hydrogen-bond acceptors (Lipinski definition) is 4. The van der Waals surface area contributed by atoms with Crippen LogP contribution in [-0.4, -0.2) is 11.6 Å². The van der Waals surface area contributed by atoms with Crippen molar-refractivity contribution in [2.45, 2.75) is 6.42 Å². The Balaban J connectivity index is 2.35. The molecule has 0 unspecified atom stereocenters. The molecule has 1 heterocycles. The standard InChI is InChI=1S/C15H16N4/c1-3-5-14-15(17-18-19(14)10-4-2)13-8-6-12(11-16)7-9-13/h3-4,6-9,17-18H,1-2,5,10H2. The number of allylic oxidation sites excluding steroid dienone is 1. The highest BCUT2D eigenvalue weighted by Crippen LogP contribution is 2.24. The van der Waals surface area contributed by atoms with Crippen molar-refractivity contribution in [1.29, 1.82) is 5.26 Å². The molecule has 0 amide bonds. The van der Waals surface area contributed by atoms with E-state index in [2.05, 4.69) is 30.2 Å². The Labute approximate surface area is 113 Å². The van der Waals surface area contributed by atoms with Crippen LogP contribution in [-0.2, 0) is 0 Å². The van der Waals surface area contributed by atoms with Crippen LogP contribution in [0.3, 0.4) is 0 Å². The Morgan fingerprint density at radius 1 is 1.21 bits per heavy atom. The average Bonchev–Trinajstić information content (AvgIpc) is 2.83. The second-order valence-electron chi connectivity index (χ2n) is 4.14. The maximum Gasteiger partial charge on any atom is 0.0991 e. The monoisotopic (exact) mass is 252 g/mol. The first-order valence-corrected chi connectivity index (χ1v) is 6.04. The van der Waals surface area contributed by atoms with Crippen molar-refractivity contribution in [2.75, 3.05) is 6.54 Å². The molecular weight excluding hydrogens is 236 g/mol. The summed E-state index contributed by atoms with van der Waals surface area (Å²) in [6.45, 7) is 8.24. The second-order valence-corrected chi connectivity index (χ2v) is 4.14. The zero-order valence-corrected chi connectivity index (χ0v) is 10.7. The van der Waals surface area contributed by atoms with Gasteiger partial charge in [-0.25, -0.2) is 0 Å². The molecule has 4 nitrogen and oxygen atoms in total. The molecule has 0 saturated heterocycles. The molecule has 0 radical (unpaired) electrons. The highest BCUT2D eigenvalue weighted by Gasteiger charge is 2.20. The van der Waals surface area contributed by atoms with E-state index in [1.54, 1.807) is 0 Å². The van der Waals surface area contributed by atoms with Gasteiger partial charge in [0, 0.05) is 12.0 Å². The van der Waals surface area contributed by atoms with Crippen LogP contribution in [0.1, 0.15) is 17.5 Å². The van der Waals surface area contributed by atoms with Gasteiger partial charge in [0.1, 0.15) is 0 Å². The van der Waals surface area contributed by atoms with Crippen molar-refractivity contribution in [1.82, 2.24) is 16.0 Å². The Hall–Kier alpha value is -2.51. The Kier molecular flexibility index (Phi) is 4.01. The van der Waals surface area contributed by atoms with Gasteiger partial charge in [0.25, 0.3) is 0 Å². The number of nitrogens with one attached hydrogen (secondary N) is 2. The quantitative estimate of drug-likeness (QED) is 0.790. The molecule has 2 N–H and O–H groups in total. The Bertz CT molecular complexity index is 549. The van der Waals surface area contributed by atoms with E-state index in [0.29, 0.717) is 12.1 Å². The summed E-state index contributed by atoms with van der Waals surface area (Å²) in [5.74, 6) is 0. The normalized spacial score (nSPS) is 13.9. The van der Waals surface area contributed by atoms with E-state index in [4.69, 9.17) is 5.26 Å². The molecule has 0 atom stereocenters. The fraction of sp³-hybridized carbons (Fsp3) is 0.133. The van der Waals surface area contributed by atoms with Gasteiger partial charge in [-0.3, -0.25) is 5.01 Å². The molecule has 0 spiro atoms. The van der Waals surface area contributed by atoms with Gasteiger partial charge in [0.05, 0.1) is 29.6 Å². The van der Waals surface area contributed by atoms with Gasteiger partial charge < -0.3 is 5.43 Å². The maximum atomic E-state index is 8.82. The first kappa shape index (κ1) is 12.9. The minimum atomic E-state index is 0.656. The van der Waals surface area contributed by atoms with E-state index < -0.39 is 0 Å². The molecule has 2 rings (SSSR count). The van der Waals surface area contributed by atoms with Gasteiger partial charge in [-0.05, 0) is 12.1 Å². The van der Waals surface area contributed by atoms with Crippen LogP contribution < -0.4 is 11.0 Å². The fourth-order valence-electron chi connectivity index (χ4n) is 1.98. The van der Waals surface area contributed by atoms with E-state index in [9.17, 15) is 0 Å². The number of benzene rings is 1. The summed E-state index contributed by atoms with van der Waals surface area (Å²) in [5, 5.41) is 10.8. The summed E-state index contributed by atoms with van der Waals surface area (Å²) in [6, 6.07) is 9.61. The second kappa shape index (κ2) is 5.89. The predicted molar refractivity (Wildman–Crippen MR) is 76.1 cm³/mol. The molecule has 96 valence electrons. The van der Waals surface area contributed by atoms with Crippen molar-refractivity contribution in [3.05, 3.63) is 66.4 Å². The van der Waals surface area contributed by atoms with E-state index in [1.807, 2.05) is 41.4 Å². The van der Waals surface area contributed by atoms with Gasteiger partial charge >= 0.3 is 0 Å². The van der Waals surface area contributed by atoms with E-state index >= 15 is 0 Å². The number of nitrogens with zero attached hydrogens (tertiary/aromatic N) is 2. The van der Waals surface area contributed by atoms with Gasteiger partial charge in [-0.1, -0.05) is 24.3 Å². The molecule has 0 aromatic heterocycles. The van der Waals surface area contributed by atoms with Crippen LogP contribution in [0.2, 0.25) is 0 Å². The lowest BCUT2D eigenvalue weighted by Gasteiger charge is -2.17. The minimum absolute atomic E-state index is 0.656. The van der Waals surface area contributed by atoms with E-state index in [-0.39, 0.29) is 0 Å². The van der Waals surface area contributed by atoms with Gasteiger partial charge in [-0.15, -0.1) is 18.7 Å². The van der Waals surface area contributed by atoms with Crippen LogP contribution in [0.4, 0.5) is 0 Å². The lowest BCUT2D eigenvalue weighted by molar-refractivity contribution is 0.274. The summed E-state index contributed by atoms with van der Waals surface area (Å²) < 4.78 is 0. The molecule has 1 aliphatic heterocycles. The maximum absolute atomic E-state index is 8.82. The third-order valence-corrected chi connectivity index (χ3v) is 2.88.